The van der Waals surface area contributed by atoms with Crippen molar-refractivity contribution in [1.29, 1.82) is 0 Å². The maximum atomic E-state index is 13.1. The van der Waals surface area contributed by atoms with Gasteiger partial charge in [-0.25, -0.2) is 0 Å². The van der Waals surface area contributed by atoms with Crippen molar-refractivity contribution >= 4 is 69.6 Å². The summed E-state index contributed by atoms with van der Waals surface area (Å²) in [5, 5.41) is 6.50. The van der Waals surface area contributed by atoms with Gasteiger partial charge in [0.25, 0.3) is 17.7 Å². The van der Waals surface area contributed by atoms with Gasteiger partial charge in [0.2, 0.25) is 5.91 Å². The maximum Gasteiger partial charge on any atom is 0.289 e. The first-order valence-corrected chi connectivity index (χ1v) is 17.8. The molecule has 50 heavy (non-hydrogen) atoms. The zero-order valence-electron chi connectivity index (χ0n) is 27.6. The summed E-state index contributed by atoms with van der Waals surface area (Å²) in [5.74, 6) is 2.33. The molecule has 12 nitrogen and oxygen atoms in total. The molecule has 0 radical (unpaired) electrons. The second kappa shape index (κ2) is 14.7. The van der Waals surface area contributed by atoms with Crippen LogP contribution in [-0.4, -0.2) is 90.5 Å². The largest absolute Gasteiger partial charge is 0.493 e. The summed E-state index contributed by atoms with van der Waals surface area (Å²) in [6.45, 7) is 2.37. The first-order chi connectivity index (χ1) is 24.4. The van der Waals surface area contributed by atoms with Crippen molar-refractivity contribution in [3.05, 3.63) is 77.6 Å². The van der Waals surface area contributed by atoms with Crippen LogP contribution in [0.4, 0.5) is 17.1 Å². The van der Waals surface area contributed by atoms with Crippen LogP contribution in [0.3, 0.4) is 0 Å². The molecule has 4 heterocycles. The third-order valence-electron chi connectivity index (χ3n) is 8.98. The summed E-state index contributed by atoms with van der Waals surface area (Å²) < 4.78 is 17.3. The third-order valence-corrected chi connectivity index (χ3v) is 9.92. The molecule has 4 amide bonds. The van der Waals surface area contributed by atoms with Gasteiger partial charge in [-0.05, 0) is 67.8 Å². The van der Waals surface area contributed by atoms with E-state index in [-0.39, 0.29) is 42.7 Å². The normalized spacial score (nSPS) is 16.8. The Bertz CT molecular complexity index is 1970. The van der Waals surface area contributed by atoms with E-state index in [9.17, 15) is 19.2 Å². The molecule has 1 unspecified atom stereocenters. The smallest absolute Gasteiger partial charge is 0.289 e. The average molecular weight is 696 g/mol. The Kier molecular flexibility index (Phi) is 9.74. The van der Waals surface area contributed by atoms with Crippen molar-refractivity contribution < 1.29 is 33.1 Å². The summed E-state index contributed by atoms with van der Waals surface area (Å²) in [4.78, 5) is 59.7. The molecule has 0 saturated carbocycles. The number of carbonyl (C=O) groups excluding carboxylic acids is 4. The first-order valence-electron chi connectivity index (χ1n) is 16.7. The molecule has 7 rings (SSSR count). The minimum atomic E-state index is -0.323. The van der Waals surface area contributed by atoms with Gasteiger partial charge < -0.3 is 34.3 Å². The highest BCUT2D eigenvalue weighted by Gasteiger charge is 2.32. The van der Waals surface area contributed by atoms with Crippen molar-refractivity contribution in [1.82, 2.24) is 9.80 Å². The Labute approximate surface area is 293 Å². The molecule has 258 valence electrons. The zero-order chi connectivity index (χ0) is 34.6. The predicted octanol–water partition coefficient (Wildman–Crippen LogP) is 6.00. The predicted molar refractivity (Wildman–Crippen MR) is 192 cm³/mol. The second-order valence-electron chi connectivity index (χ2n) is 12.3. The Morgan fingerprint density at radius 1 is 0.960 bits per heavy atom. The Morgan fingerprint density at radius 3 is 2.56 bits per heavy atom. The minimum absolute atomic E-state index is 0.0119. The number of methoxy groups -OCH3 is 1. The molecule has 4 aromatic rings. The summed E-state index contributed by atoms with van der Waals surface area (Å²) >= 11 is 1.83. The van der Waals surface area contributed by atoms with Gasteiger partial charge >= 0.3 is 0 Å². The Morgan fingerprint density at radius 2 is 1.76 bits per heavy atom. The number of benzene rings is 3. The molecular formula is C37H37N5O7S. The molecule has 3 aliphatic rings. The van der Waals surface area contributed by atoms with Crippen LogP contribution in [0.5, 0.6) is 11.5 Å². The average Bonchev–Trinajstić information content (AvgIpc) is 3.77. The molecule has 13 heteroatoms. The van der Waals surface area contributed by atoms with Crippen molar-refractivity contribution in [2.24, 2.45) is 4.99 Å². The van der Waals surface area contributed by atoms with E-state index in [0.717, 1.165) is 29.7 Å². The number of aliphatic imine (C=N–C) groups is 1. The molecule has 1 aromatic heterocycles. The number of anilines is 2. The fourth-order valence-electron chi connectivity index (χ4n) is 6.30. The number of thioether (sulfide) groups is 1. The van der Waals surface area contributed by atoms with E-state index in [4.69, 9.17) is 13.9 Å². The number of fused-ring (bicyclic) bond motifs is 3. The number of amides is 4. The fourth-order valence-corrected chi connectivity index (χ4v) is 7.21. The number of ether oxygens (including phenoxy) is 2. The van der Waals surface area contributed by atoms with Gasteiger partial charge in [0.05, 0.1) is 31.0 Å². The fraction of sp³-hybridized carbons (Fsp3) is 0.324. The van der Waals surface area contributed by atoms with E-state index in [1.165, 1.54) is 7.11 Å². The van der Waals surface area contributed by atoms with Gasteiger partial charge in [0.1, 0.15) is 5.58 Å². The standard InChI is InChI=1S/C37H37N5O7S/c1-47-31-20-28-29(38-22-27-4-2-12-42(27)36(28)45)21-32(31)48-15-3-5-34(43)39-25-9-6-23(7-10-25)35(44)40-26-11-8-24-18-33(49-30(24)19-26)37(46)41-13-16-50-17-14-41/h6-11,18-22,27H,2-5,12-17H2,1H3,(H,39,43)(H,40,44). The SMILES string of the molecule is COc1cc2c(cc1OCCCC(=O)Nc1ccc(C(=O)Nc3ccc4cc(C(=O)N5CCSCC5)oc4c3)cc1)N=CC1CCCN1C2=O. The molecule has 0 bridgehead atoms. The summed E-state index contributed by atoms with van der Waals surface area (Å²) in [6.07, 6.45) is 4.34. The molecule has 0 spiro atoms. The van der Waals surface area contributed by atoms with E-state index in [2.05, 4.69) is 15.6 Å². The van der Waals surface area contributed by atoms with E-state index < -0.39 is 0 Å². The second-order valence-corrected chi connectivity index (χ2v) is 13.5. The highest BCUT2D eigenvalue weighted by molar-refractivity contribution is 7.99. The Hall–Kier alpha value is -5.30. The van der Waals surface area contributed by atoms with Gasteiger partial charge in [-0.1, -0.05) is 0 Å². The number of nitrogens with one attached hydrogen (secondary N) is 2. The van der Waals surface area contributed by atoms with Crippen LogP contribution in [0, 0.1) is 0 Å². The quantitative estimate of drug-likeness (QED) is 0.193. The number of nitrogens with zero attached hydrogens (tertiary/aromatic N) is 3. The van der Waals surface area contributed by atoms with Crippen molar-refractivity contribution in [3.63, 3.8) is 0 Å². The number of hydrogen-bond acceptors (Lipinski definition) is 9. The highest BCUT2D eigenvalue weighted by Crippen LogP contribution is 2.38. The summed E-state index contributed by atoms with van der Waals surface area (Å²) in [6, 6.07) is 17.0. The Balaban J connectivity index is 0.889. The van der Waals surface area contributed by atoms with Gasteiger partial charge in [0, 0.05) is 78.2 Å². The lowest BCUT2D eigenvalue weighted by atomic mass is 10.1. The lowest BCUT2D eigenvalue weighted by Crippen LogP contribution is -2.37. The monoisotopic (exact) mass is 695 g/mol. The molecule has 3 aliphatic heterocycles. The molecule has 3 aromatic carbocycles. The van der Waals surface area contributed by atoms with E-state index >= 15 is 0 Å². The summed E-state index contributed by atoms with van der Waals surface area (Å²) in [5.41, 5.74) is 3.06. The molecule has 2 fully saturated rings. The number of furan rings is 1. The molecular weight excluding hydrogens is 659 g/mol. The maximum absolute atomic E-state index is 13.1. The topological polar surface area (TPSA) is 143 Å². The third kappa shape index (κ3) is 7.18. The minimum Gasteiger partial charge on any atom is -0.493 e. The highest BCUT2D eigenvalue weighted by atomic mass is 32.2. The molecule has 2 N–H and O–H groups in total. The van der Waals surface area contributed by atoms with Gasteiger partial charge in [-0.3, -0.25) is 24.2 Å². The lowest BCUT2D eigenvalue weighted by molar-refractivity contribution is -0.116. The van der Waals surface area contributed by atoms with Crippen molar-refractivity contribution in [3.8, 4) is 11.5 Å². The van der Waals surface area contributed by atoms with Crippen LogP contribution in [0.25, 0.3) is 11.0 Å². The molecule has 0 aliphatic carbocycles. The molecule has 1 atom stereocenters. The van der Waals surface area contributed by atoms with Crippen LogP contribution in [0.15, 0.2) is 70.1 Å². The van der Waals surface area contributed by atoms with Gasteiger partial charge in [-0.2, -0.15) is 11.8 Å². The van der Waals surface area contributed by atoms with E-state index in [1.54, 1.807) is 59.5 Å². The molecule has 2 saturated heterocycles. The van der Waals surface area contributed by atoms with Crippen molar-refractivity contribution in [2.45, 2.75) is 31.7 Å². The summed E-state index contributed by atoms with van der Waals surface area (Å²) in [7, 11) is 1.52. The van der Waals surface area contributed by atoms with Crippen molar-refractivity contribution in [2.75, 3.05) is 55.5 Å². The van der Waals surface area contributed by atoms with Crippen LogP contribution < -0.4 is 20.1 Å². The van der Waals surface area contributed by atoms with Crippen LogP contribution >= 0.6 is 11.8 Å². The van der Waals surface area contributed by atoms with Gasteiger partial charge in [-0.15, -0.1) is 0 Å². The number of rotatable bonds is 10. The first kappa shape index (κ1) is 33.2. The number of hydrogen-bond donors (Lipinski definition) is 2. The van der Waals surface area contributed by atoms with E-state index in [1.807, 2.05) is 28.9 Å². The van der Waals surface area contributed by atoms with Gasteiger partial charge in [0.15, 0.2) is 17.3 Å². The van der Waals surface area contributed by atoms with Crippen LogP contribution in [0.2, 0.25) is 0 Å². The van der Waals surface area contributed by atoms with E-state index in [0.29, 0.717) is 77.1 Å². The zero-order valence-corrected chi connectivity index (χ0v) is 28.4. The van der Waals surface area contributed by atoms with Crippen LogP contribution in [-0.2, 0) is 4.79 Å². The number of carbonyl (C=O) groups is 4. The van der Waals surface area contributed by atoms with Crippen LogP contribution in [0.1, 0.15) is 57.0 Å². The lowest BCUT2D eigenvalue weighted by Gasteiger charge is -2.25.